The summed E-state index contributed by atoms with van der Waals surface area (Å²) in [6, 6.07) is 5.66. The van der Waals surface area contributed by atoms with Gasteiger partial charge in [-0.1, -0.05) is 6.07 Å². The molecule has 4 heteroatoms. The van der Waals surface area contributed by atoms with Crippen LogP contribution in [0.4, 0.5) is 5.69 Å². The predicted molar refractivity (Wildman–Crippen MR) is 57.4 cm³/mol. The number of imidazole rings is 1. The first kappa shape index (κ1) is 8.87. The van der Waals surface area contributed by atoms with Crippen LogP contribution in [0.5, 0.6) is 0 Å². The molecule has 0 radical (unpaired) electrons. The Hall–Kier alpha value is -1.71. The molecule has 2 aromatic rings. The minimum atomic E-state index is -0.104. The van der Waals surface area contributed by atoms with E-state index in [1.54, 1.807) is 10.6 Å². The first-order valence-electron chi connectivity index (χ1n) is 4.60. The third-order valence-electron chi connectivity index (χ3n) is 2.30. The number of hydrogen-bond donors (Lipinski definition) is 2. The minimum absolute atomic E-state index is 0.104. The zero-order chi connectivity index (χ0) is 10.3. The number of nitrogens with zero attached hydrogens (tertiary/aromatic N) is 1. The lowest BCUT2D eigenvalue weighted by Gasteiger charge is -2.06. The molecule has 4 nitrogen and oxygen atoms in total. The lowest BCUT2D eigenvalue weighted by Crippen LogP contribution is -2.18. The van der Waals surface area contributed by atoms with Crippen molar-refractivity contribution < 1.29 is 0 Å². The highest BCUT2D eigenvalue weighted by atomic mass is 16.1. The summed E-state index contributed by atoms with van der Waals surface area (Å²) < 4.78 is 1.70. The molecule has 0 aliphatic heterocycles. The van der Waals surface area contributed by atoms with E-state index in [1.165, 1.54) is 0 Å². The summed E-state index contributed by atoms with van der Waals surface area (Å²) >= 11 is 0. The zero-order valence-electron chi connectivity index (χ0n) is 8.24. The summed E-state index contributed by atoms with van der Waals surface area (Å²) in [6.45, 7) is 3.94. The van der Waals surface area contributed by atoms with E-state index < -0.39 is 0 Å². The first-order valence-corrected chi connectivity index (χ1v) is 4.60. The van der Waals surface area contributed by atoms with Gasteiger partial charge >= 0.3 is 5.69 Å². The lowest BCUT2D eigenvalue weighted by atomic mass is 10.2. The van der Waals surface area contributed by atoms with Gasteiger partial charge in [-0.25, -0.2) is 4.79 Å². The molecule has 1 aromatic heterocycles. The van der Waals surface area contributed by atoms with Gasteiger partial charge < -0.3 is 10.7 Å². The van der Waals surface area contributed by atoms with Crippen LogP contribution in [0.25, 0.3) is 11.0 Å². The van der Waals surface area contributed by atoms with Crippen molar-refractivity contribution in [3.63, 3.8) is 0 Å². The number of nitrogens with two attached hydrogens (primary N) is 1. The van der Waals surface area contributed by atoms with Gasteiger partial charge in [0.25, 0.3) is 0 Å². The molecule has 0 aliphatic rings. The lowest BCUT2D eigenvalue weighted by molar-refractivity contribution is 0.598. The second-order valence-electron chi connectivity index (χ2n) is 3.64. The highest BCUT2D eigenvalue weighted by Gasteiger charge is 2.10. The van der Waals surface area contributed by atoms with E-state index in [4.69, 9.17) is 5.73 Å². The van der Waals surface area contributed by atoms with E-state index in [0.29, 0.717) is 5.69 Å². The van der Waals surface area contributed by atoms with Gasteiger partial charge in [0.15, 0.2) is 0 Å². The van der Waals surface area contributed by atoms with Crippen LogP contribution in [0.2, 0.25) is 0 Å². The molecule has 1 heterocycles. The summed E-state index contributed by atoms with van der Waals surface area (Å²) in [7, 11) is 0. The Morgan fingerprint density at radius 1 is 1.43 bits per heavy atom. The second-order valence-corrected chi connectivity index (χ2v) is 3.64. The van der Waals surface area contributed by atoms with Crippen LogP contribution in [-0.2, 0) is 0 Å². The van der Waals surface area contributed by atoms with Crippen molar-refractivity contribution in [3.8, 4) is 0 Å². The average molecular weight is 191 g/mol. The number of H-pyrrole nitrogens is 1. The Morgan fingerprint density at radius 2 is 2.14 bits per heavy atom. The van der Waals surface area contributed by atoms with E-state index >= 15 is 0 Å². The van der Waals surface area contributed by atoms with Crippen molar-refractivity contribution in [2.45, 2.75) is 19.9 Å². The second kappa shape index (κ2) is 2.90. The van der Waals surface area contributed by atoms with Gasteiger partial charge in [0, 0.05) is 6.04 Å². The van der Waals surface area contributed by atoms with Crippen LogP contribution in [0.1, 0.15) is 19.9 Å². The summed E-state index contributed by atoms with van der Waals surface area (Å²) in [6.07, 6.45) is 0. The molecule has 0 unspecified atom stereocenters. The van der Waals surface area contributed by atoms with Crippen LogP contribution >= 0.6 is 0 Å². The SMILES string of the molecule is CC(C)n1c(=O)[nH]c2c(N)cccc21. The van der Waals surface area contributed by atoms with Crippen molar-refractivity contribution >= 4 is 16.7 Å². The molecule has 0 amide bonds. The van der Waals surface area contributed by atoms with Crippen molar-refractivity contribution in [1.82, 2.24) is 9.55 Å². The molecule has 0 spiro atoms. The maximum absolute atomic E-state index is 11.6. The van der Waals surface area contributed by atoms with Gasteiger partial charge in [0.2, 0.25) is 0 Å². The van der Waals surface area contributed by atoms with Crippen LogP contribution in [0, 0.1) is 0 Å². The van der Waals surface area contributed by atoms with Crippen molar-refractivity contribution in [2.75, 3.05) is 5.73 Å². The van der Waals surface area contributed by atoms with E-state index in [0.717, 1.165) is 11.0 Å². The number of anilines is 1. The Kier molecular flexibility index (Phi) is 1.84. The molecule has 0 saturated heterocycles. The zero-order valence-corrected chi connectivity index (χ0v) is 8.24. The molecular formula is C10H13N3O. The predicted octanol–water partition coefficient (Wildman–Crippen LogP) is 1.49. The number of para-hydroxylation sites is 1. The van der Waals surface area contributed by atoms with Gasteiger partial charge in [-0.2, -0.15) is 0 Å². The maximum Gasteiger partial charge on any atom is 0.326 e. The summed E-state index contributed by atoms with van der Waals surface area (Å²) in [5.41, 5.74) is 7.86. The van der Waals surface area contributed by atoms with Gasteiger partial charge in [0.05, 0.1) is 16.7 Å². The minimum Gasteiger partial charge on any atom is -0.397 e. The molecule has 0 saturated carbocycles. The number of aromatic nitrogens is 2. The smallest absolute Gasteiger partial charge is 0.326 e. The van der Waals surface area contributed by atoms with E-state index in [9.17, 15) is 4.79 Å². The molecule has 0 fully saturated rings. The van der Waals surface area contributed by atoms with Gasteiger partial charge in [-0.05, 0) is 26.0 Å². The largest absolute Gasteiger partial charge is 0.397 e. The fraction of sp³-hybridized carbons (Fsp3) is 0.300. The average Bonchev–Trinajstić information content (AvgIpc) is 2.42. The number of nitrogens with one attached hydrogen (secondary N) is 1. The number of hydrogen-bond acceptors (Lipinski definition) is 2. The molecule has 0 aliphatic carbocycles. The summed E-state index contributed by atoms with van der Waals surface area (Å²) in [4.78, 5) is 14.3. The Bertz CT molecular complexity index is 522. The molecule has 0 atom stereocenters. The standard InChI is InChI=1S/C10H13N3O/c1-6(2)13-8-5-3-4-7(11)9(8)12-10(13)14/h3-6H,11H2,1-2H3,(H,12,14). The van der Waals surface area contributed by atoms with Crippen LogP contribution in [0.3, 0.4) is 0 Å². The van der Waals surface area contributed by atoms with Crippen LogP contribution in [0.15, 0.2) is 23.0 Å². The van der Waals surface area contributed by atoms with Gasteiger partial charge in [0.1, 0.15) is 0 Å². The molecule has 0 bridgehead atoms. The molecule has 2 rings (SSSR count). The summed E-state index contributed by atoms with van der Waals surface area (Å²) in [5, 5.41) is 0. The van der Waals surface area contributed by atoms with Crippen LogP contribution < -0.4 is 11.4 Å². The molecule has 74 valence electrons. The number of fused-ring (bicyclic) bond motifs is 1. The molecule has 14 heavy (non-hydrogen) atoms. The van der Waals surface area contributed by atoms with Gasteiger partial charge in [-0.3, -0.25) is 4.57 Å². The number of benzene rings is 1. The molecular weight excluding hydrogens is 178 g/mol. The van der Waals surface area contributed by atoms with Gasteiger partial charge in [-0.15, -0.1) is 0 Å². The quantitative estimate of drug-likeness (QED) is 0.671. The van der Waals surface area contributed by atoms with E-state index in [2.05, 4.69) is 4.98 Å². The Morgan fingerprint density at radius 3 is 2.79 bits per heavy atom. The third kappa shape index (κ3) is 1.11. The van der Waals surface area contributed by atoms with Crippen LogP contribution in [-0.4, -0.2) is 9.55 Å². The monoisotopic (exact) mass is 191 g/mol. The highest BCUT2D eigenvalue weighted by Crippen LogP contribution is 2.19. The topological polar surface area (TPSA) is 63.8 Å². The van der Waals surface area contributed by atoms with E-state index in [1.807, 2.05) is 26.0 Å². The number of rotatable bonds is 1. The number of nitrogen functional groups attached to an aromatic ring is 1. The molecule has 3 N–H and O–H groups in total. The summed E-state index contributed by atoms with van der Waals surface area (Å²) in [5.74, 6) is 0. The third-order valence-corrected chi connectivity index (χ3v) is 2.30. The fourth-order valence-corrected chi connectivity index (χ4v) is 1.68. The van der Waals surface area contributed by atoms with Crippen molar-refractivity contribution in [3.05, 3.63) is 28.7 Å². The highest BCUT2D eigenvalue weighted by molar-refractivity contribution is 5.87. The Balaban J connectivity index is 2.91. The van der Waals surface area contributed by atoms with E-state index in [-0.39, 0.29) is 11.7 Å². The van der Waals surface area contributed by atoms with Crippen molar-refractivity contribution in [2.24, 2.45) is 0 Å². The molecule has 1 aromatic carbocycles. The van der Waals surface area contributed by atoms with Crippen molar-refractivity contribution in [1.29, 1.82) is 0 Å². The Labute approximate surface area is 81.3 Å². The fourth-order valence-electron chi connectivity index (χ4n) is 1.68. The normalized spacial score (nSPS) is 11.4. The first-order chi connectivity index (χ1) is 6.61. The maximum atomic E-state index is 11.6. The number of aromatic amines is 1.